The maximum absolute atomic E-state index is 13.3. The molecule has 0 N–H and O–H groups in total. The Bertz CT molecular complexity index is 895. The second-order valence-electron chi connectivity index (χ2n) is 7.55. The standard InChI is InChI=1S/C22H27ClN2O4/c1-4-18-19(15(3)29-24-18)20(26)25-11-7-10-22(14-25,21(27)28-5-2)13-16-8-6-9-17(23)12-16/h6,8-9,12H,4-5,7,10-11,13-14H2,1-3H3/t22-/m1/s1. The van der Waals surface area contributed by atoms with Crippen LogP contribution >= 0.6 is 11.6 Å². The monoisotopic (exact) mass is 418 g/mol. The Labute approximate surface area is 176 Å². The molecule has 1 aliphatic heterocycles. The number of piperidine rings is 1. The highest BCUT2D eigenvalue weighted by atomic mass is 35.5. The molecule has 156 valence electrons. The van der Waals surface area contributed by atoms with Crippen LogP contribution in [0.25, 0.3) is 0 Å². The van der Waals surface area contributed by atoms with Crippen LogP contribution in [0.1, 0.15) is 54.1 Å². The van der Waals surface area contributed by atoms with Gasteiger partial charge in [0.25, 0.3) is 5.91 Å². The van der Waals surface area contributed by atoms with E-state index in [1.165, 1.54) is 0 Å². The number of halogens is 1. The Balaban J connectivity index is 1.91. The maximum atomic E-state index is 13.3. The number of hydrogen-bond donors (Lipinski definition) is 0. The number of aryl methyl sites for hydroxylation is 2. The Morgan fingerprint density at radius 2 is 2.14 bits per heavy atom. The first-order valence-electron chi connectivity index (χ1n) is 10.1. The third kappa shape index (κ3) is 4.47. The molecule has 29 heavy (non-hydrogen) atoms. The van der Waals surface area contributed by atoms with Gasteiger partial charge in [0.15, 0.2) is 0 Å². The molecule has 7 heteroatoms. The van der Waals surface area contributed by atoms with E-state index in [4.69, 9.17) is 20.9 Å². The fraction of sp³-hybridized carbons (Fsp3) is 0.500. The van der Waals surface area contributed by atoms with E-state index in [1.807, 2.05) is 25.1 Å². The molecule has 1 aliphatic rings. The predicted molar refractivity (Wildman–Crippen MR) is 110 cm³/mol. The summed E-state index contributed by atoms with van der Waals surface area (Å²) >= 11 is 6.15. The number of ether oxygens (including phenoxy) is 1. The lowest BCUT2D eigenvalue weighted by atomic mass is 9.75. The number of likely N-dealkylation sites (tertiary alicyclic amines) is 1. The van der Waals surface area contributed by atoms with E-state index in [9.17, 15) is 9.59 Å². The van der Waals surface area contributed by atoms with Crippen molar-refractivity contribution in [2.45, 2.75) is 46.5 Å². The normalized spacial score (nSPS) is 19.2. The van der Waals surface area contributed by atoms with Gasteiger partial charge in [-0.25, -0.2) is 0 Å². The van der Waals surface area contributed by atoms with Crippen molar-refractivity contribution in [1.29, 1.82) is 0 Å². The Hall–Kier alpha value is -2.34. The highest BCUT2D eigenvalue weighted by molar-refractivity contribution is 6.30. The van der Waals surface area contributed by atoms with E-state index in [0.717, 1.165) is 12.0 Å². The summed E-state index contributed by atoms with van der Waals surface area (Å²) in [5.41, 5.74) is 1.31. The summed E-state index contributed by atoms with van der Waals surface area (Å²) in [5, 5.41) is 4.62. The summed E-state index contributed by atoms with van der Waals surface area (Å²) in [5.74, 6) is 0.101. The van der Waals surface area contributed by atoms with Gasteiger partial charge in [-0.3, -0.25) is 9.59 Å². The average molecular weight is 419 g/mol. The van der Waals surface area contributed by atoms with E-state index in [2.05, 4.69) is 5.16 Å². The number of carbonyl (C=O) groups excluding carboxylic acids is 2. The average Bonchev–Trinajstić information content (AvgIpc) is 3.08. The summed E-state index contributed by atoms with van der Waals surface area (Å²) in [7, 11) is 0. The first-order valence-corrected chi connectivity index (χ1v) is 10.4. The molecule has 0 saturated carbocycles. The molecule has 1 fully saturated rings. The first kappa shape index (κ1) is 21.4. The van der Waals surface area contributed by atoms with Crippen LogP contribution in [0.5, 0.6) is 0 Å². The molecule has 1 aromatic heterocycles. The van der Waals surface area contributed by atoms with Crippen molar-refractivity contribution >= 4 is 23.5 Å². The van der Waals surface area contributed by atoms with Gasteiger partial charge in [0.1, 0.15) is 11.3 Å². The molecule has 0 radical (unpaired) electrons. The number of benzene rings is 1. The minimum absolute atomic E-state index is 0.139. The fourth-order valence-corrected chi connectivity index (χ4v) is 4.31. The fourth-order valence-electron chi connectivity index (χ4n) is 4.10. The molecule has 1 atom stereocenters. The SMILES string of the molecule is CCOC(=O)[C@@]1(Cc2cccc(Cl)c2)CCCN(C(=O)c2c(CC)noc2C)C1. The minimum atomic E-state index is -0.800. The molecule has 2 heterocycles. The molecule has 3 rings (SSSR count). The highest BCUT2D eigenvalue weighted by Gasteiger charge is 2.45. The van der Waals surface area contributed by atoms with Gasteiger partial charge in [0.2, 0.25) is 0 Å². The molecular weight excluding hydrogens is 392 g/mol. The minimum Gasteiger partial charge on any atom is -0.466 e. The second kappa shape index (κ2) is 8.99. The Kier molecular flexibility index (Phi) is 6.63. The molecule has 0 bridgehead atoms. The quantitative estimate of drug-likeness (QED) is 0.656. The predicted octanol–water partition coefficient (Wildman–Crippen LogP) is 4.23. The Morgan fingerprint density at radius 1 is 1.34 bits per heavy atom. The molecule has 0 spiro atoms. The van der Waals surface area contributed by atoms with Crippen LogP contribution in [0, 0.1) is 12.3 Å². The molecule has 0 aliphatic carbocycles. The van der Waals surface area contributed by atoms with Gasteiger partial charge in [-0.1, -0.05) is 35.8 Å². The van der Waals surface area contributed by atoms with E-state index in [-0.39, 0.29) is 11.9 Å². The van der Waals surface area contributed by atoms with Gasteiger partial charge >= 0.3 is 5.97 Å². The highest BCUT2D eigenvalue weighted by Crippen LogP contribution is 2.36. The summed E-state index contributed by atoms with van der Waals surface area (Å²) < 4.78 is 10.7. The number of carbonyl (C=O) groups is 2. The van der Waals surface area contributed by atoms with Gasteiger partial charge in [-0.05, 0) is 57.2 Å². The van der Waals surface area contributed by atoms with Crippen LogP contribution in [0.3, 0.4) is 0 Å². The summed E-state index contributed by atoms with van der Waals surface area (Å²) in [4.78, 5) is 28.1. The molecule has 0 unspecified atom stereocenters. The van der Waals surface area contributed by atoms with Crippen molar-refractivity contribution in [3.63, 3.8) is 0 Å². The lowest BCUT2D eigenvalue weighted by Gasteiger charge is -2.41. The van der Waals surface area contributed by atoms with Crippen LogP contribution in [-0.2, 0) is 22.4 Å². The van der Waals surface area contributed by atoms with Crippen LogP contribution in [0.15, 0.2) is 28.8 Å². The molecule has 1 aromatic carbocycles. The largest absolute Gasteiger partial charge is 0.466 e. The smallest absolute Gasteiger partial charge is 0.314 e. The van der Waals surface area contributed by atoms with Crippen molar-refractivity contribution in [2.24, 2.45) is 5.41 Å². The van der Waals surface area contributed by atoms with Gasteiger partial charge in [0.05, 0.1) is 17.7 Å². The van der Waals surface area contributed by atoms with E-state index in [0.29, 0.717) is 61.0 Å². The van der Waals surface area contributed by atoms with Gasteiger partial charge < -0.3 is 14.2 Å². The zero-order valence-corrected chi connectivity index (χ0v) is 17.9. The van der Waals surface area contributed by atoms with Crippen molar-refractivity contribution in [2.75, 3.05) is 19.7 Å². The van der Waals surface area contributed by atoms with E-state index in [1.54, 1.807) is 24.8 Å². The number of esters is 1. The summed E-state index contributed by atoms with van der Waals surface area (Å²) in [6, 6.07) is 7.49. The number of hydrogen-bond acceptors (Lipinski definition) is 5. The zero-order chi connectivity index (χ0) is 21.0. The van der Waals surface area contributed by atoms with Gasteiger partial charge in [-0.15, -0.1) is 0 Å². The van der Waals surface area contributed by atoms with Crippen molar-refractivity contribution in [3.05, 3.63) is 51.9 Å². The lowest BCUT2D eigenvalue weighted by molar-refractivity contribution is -0.158. The third-order valence-corrected chi connectivity index (χ3v) is 5.72. The van der Waals surface area contributed by atoms with Crippen LogP contribution < -0.4 is 0 Å². The second-order valence-corrected chi connectivity index (χ2v) is 7.99. The summed E-state index contributed by atoms with van der Waals surface area (Å²) in [6.07, 6.45) is 2.46. The van der Waals surface area contributed by atoms with Gasteiger partial charge in [-0.2, -0.15) is 0 Å². The van der Waals surface area contributed by atoms with Crippen LogP contribution in [0.2, 0.25) is 5.02 Å². The lowest BCUT2D eigenvalue weighted by Crippen LogP contribution is -2.51. The third-order valence-electron chi connectivity index (χ3n) is 5.49. The number of aromatic nitrogens is 1. The van der Waals surface area contributed by atoms with Crippen molar-refractivity contribution < 1.29 is 18.8 Å². The van der Waals surface area contributed by atoms with Crippen LogP contribution in [-0.4, -0.2) is 41.6 Å². The van der Waals surface area contributed by atoms with E-state index >= 15 is 0 Å². The number of amides is 1. The van der Waals surface area contributed by atoms with Crippen molar-refractivity contribution in [3.8, 4) is 0 Å². The zero-order valence-electron chi connectivity index (χ0n) is 17.2. The van der Waals surface area contributed by atoms with Gasteiger partial charge in [0, 0.05) is 18.1 Å². The van der Waals surface area contributed by atoms with Crippen molar-refractivity contribution in [1.82, 2.24) is 10.1 Å². The molecule has 6 nitrogen and oxygen atoms in total. The maximum Gasteiger partial charge on any atom is 0.314 e. The molecular formula is C22H27ClN2O4. The molecule has 1 amide bonds. The first-order chi connectivity index (χ1) is 13.9. The molecule has 2 aromatic rings. The topological polar surface area (TPSA) is 72.6 Å². The summed E-state index contributed by atoms with van der Waals surface area (Å²) in [6.45, 7) is 6.66. The van der Waals surface area contributed by atoms with Crippen LogP contribution in [0.4, 0.5) is 0 Å². The Morgan fingerprint density at radius 3 is 2.83 bits per heavy atom. The molecule has 1 saturated heterocycles. The number of nitrogens with zero attached hydrogens (tertiary/aromatic N) is 2. The van der Waals surface area contributed by atoms with E-state index < -0.39 is 5.41 Å². The number of rotatable bonds is 6.